The lowest BCUT2D eigenvalue weighted by atomic mass is 10.1. The second kappa shape index (κ2) is 5.61. The molecule has 0 aromatic carbocycles. The van der Waals surface area contributed by atoms with Crippen LogP contribution in [0.3, 0.4) is 0 Å². The number of ether oxygens (including phenoxy) is 1. The lowest BCUT2D eigenvalue weighted by molar-refractivity contribution is -0.0622. The van der Waals surface area contributed by atoms with Crippen LogP contribution >= 0.6 is 0 Å². The molecule has 2 heteroatoms. The van der Waals surface area contributed by atoms with E-state index in [-0.39, 0.29) is 17.7 Å². The standard InChI is InChI=1S/C11H25NO/c1-6-7-8-10(12)9(2)13-11(3,4)5/h9-10H,6-8,12H2,1-5H3/t9-,10-/m0/s1. The third-order valence-corrected chi connectivity index (χ3v) is 2.03. The number of unbranched alkanes of at least 4 members (excludes halogenated alkanes) is 1. The van der Waals surface area contributed by atoms with Crippen molar-refractivity contribution in [2.75, 3.05) is 0 Å². The summed E-state index contributed by atoms with van der Waals surface area (Å²) < 4.78 is 5.77. The first-order valence-electron chi connectivity index (χ1n) is 5.30. The summed E-state index contributed by atoms with van der Waals surface area (Å²) in [5.74, 6) is 0. The molecule has 0 unspecified atom stereocenters. The van der Waals surface area contributed by atoms with Crippen LogP contribution in [-0.4, -0.2) is 17.7 Å². The van der Waals surface area contributed by atoms with Gasteiger partial charge in [0.2, 0.25) is 0 Å². The van der Waals surface area contributed by atoms with Crippen molar-refractivity contribution in [1.29, 1.82) is 0 Å². The maximum absolute atomic E-state index is 5.99. The summed E-state index contributed by atoms with van der Waals surface area (Å²) in [6.07, 6.45) is 3.62. The Morgan fingerprint density at radius 2 is 1.85 bits per heavy atom. The third kappa shape index (κ3) is 7.03. The molecule has 0 radical (unpaired) electrons. The molecular formula is C11H25NO. The van der Waals surface area contributed by atoms with E-state index < -0.39 is 0 Å². The molecule has 0 saturated carbocycles. The normalized spacial score (nSPS) is 17.1. The van der Waals surface area contributed by atoms with Crippen molar-refractivity contribution < 1.29 is 4.74 Å². The fourth-order valence-corrected chi connectivity index (χ4v) is 1.32. The van der Waals surface area contributed by atoms with E-state index in [1.165, 1.54) is 12.8 Å². The van der Waals surface area contributed by atoms with Gasteiger partial charge in [0.05, 0.1) is 11.7 Å². The Morgan fingerprint density at radius 1 is 1.31 bits per heavy atom. The monoisotopic (exact) mass is 187 g/mol. The molecule has 13 heavy (non-hydrogen) atoms. The van der Waals surface area contributed by atoms with Crippen LogP contribution in [0.5, 0.6) is 0 Å². The zero-order valence-corrected chi connectivity index (χ0v) is 9.76. The first-order chi connectivity index (χ1) is 5.87. The van der Waals surface area contributed by atoms with Crippen LogP contribution in [0.1, 0.15) is 53.9 Å². The molecule has 2 atom stereocenters. The van der Waals surface area contributed by atoms with Gasteiger partial charge >= 0.3 is 0 Å². The summed E-state index contributed by atoms with van der Waals surface area (Å²) in [5, 5.41) is 0. The van der Waals surface area contributed by atoms with Crippen molar-refractivity contribution in [1.82, 2.24) is 0 Å². The van der Waals surface area contributed by atoms with Crippen molar-refractivity contribution in [3.8, 4) is 0 Å². The fraction of sp³-hybridized carbons (Fsp3) is 1.00. The Balaban J connectivity index is 3.75. The van der Waals surface area contributed by atoms with Gasteiger partial charge in [0.25, 0.3) is 0 Å². The average molecular weight is 187 g/mol. The van der Waals surface area contributed by atoms with Crippen LogP contribution in [0.15, 0.2) is 0 Å². The number of nitrogens with two attached hydrogens (primary N) is 1. The molecule has 0 fully saturated rings. The lowest BCUT2D eigenvalue weighted by Crippen LogP contribution is -2.39. The minimum absolute atomic E-state index is 0.0801. The van der Waals surface area contributed by atoms with Crippen LogP contribution in [-0.2, 0) is 4.74 Å². The summed E-state index contributed by atoms with van der Waals surface area (Å²) in [6.45, 7) is 10.4. The molecule has 0 aliphatic heterocycles. The highest BCUT2D eigenvalue weighted by atomic mass is 16.5. The second-order valence-electron chi connectivity index (χ2n) is 4.74. The summed E-state index contributed by atoms with van der Waals surface area (Å²) in [4.78, 5) is 0. The van der Waals surface area contributed by atoms with Gasteiger partial charge in [-0.2, -0.15) is 0 Å². The smallest absolute Gasteiger partial charge is 0.0704 e. The molecule has 0 aromatic rings. The molecule has 0 aliphatic rings. The predicted octanol–water partition coefficient (Wildman–Crippen LogP) is 2.71. The largest absolute Gasteiger partial charge is 0.371 e. The molecule has 0 aliphatic carbocycles. The average Bonchev–Trinajstić information content (AvgIpc) is 1.96. The van der Waals surface area contributed by atoms with Crippen molar-refractivity contribution in [2.24, 2.45) is 5.73 Å². The maximum atomic E-state index is 5.99. The zero-order chi connectivity index (χ0) is 10.5. The minimum atomic E-state index is -0.0801. The molecule has 0 aromatic heterocycles. The fourth-order valence-electron chi connectivity index (χ4n) is 1.32. The van der Waals surface area contributed by atoms with Crippen molar-refractivity contribution in [3.63, 3.8) is 0 Å². The summed E-state index contributed by atoms with van der Waals surface area (Å²) in [5.41, 5.74) is 5.91. The molecular weight excluding hydrogens is 162 g/mol. The van der Waals surface area contributed by atoms with E-state index in [9.17, 15) is 0 Å². The summed E-state index contributed by atoms with van der Waals surface area (Å²) >= 11 is 0. The van der Waals surface area contributed by atoms with Crippen LogP contribution in [0.25, 0.3) is 0 Å². The van der Waals surface area contributed by atoms with E-state index in [1.54, 1.807) is 0 Å². The van der Waals surface area contributed by atoms with Gasteiger partial charge in [-0.15, -0.1) is 0 Å². The van der Waals surface area contributed by atoms with Gasteiger partial charge in [-0.1, -0.05) is 19.8 Å². The highest BCUT2D eigenvalue weighted by Gasteiger charge is 2.19. The molecule has 0 saturated heterocycles. The van der Waals surface area contributed by atoms with Crippen LogP contribution in [0.2, 0.25) is 0 Å². The van der Waals surface area contributed by atoms with Gasteiger partial charge in [-0.3, -0.25) is 0 Å². The van der Waals surface area contributed by atoms with E-state index in [0.29, 0.717) is 0 Å². The molecule has 0 spiro atoms. The van der Waals surface area contributed by atoms with Crippen molar-refractivity contribution >= 4 is 0 Å². The molecule has 0 rings (SSSR count). The predicted molar refractivity (Wildman–Crippen MR) is 57.8 cm³/mol. The van der Waals surface area contributed by atoms with Crippen LogP contribution in [0.4, 0.5) is 0 Å². The van der Waals surface area contributed by atoms with Crippen LogP contribution < -0.4 is 5.73 Å². The van der Waals surface area contributed by atoms with Crippen LogP contribution in [0, 0.1) is 0 Å². The van der Waals surface area contributed by atoms with E-state index >= 15 is 0 Å². The number of hydrogen-bond acceptors (Lipinski definition) is 2. The Labute approximate surface area is 82.8 Å². The summed E-state index contributed by atoms with van der Waals surface area (Å²) in [6, 6.07) is 0.180. The van der Waals surface area contributed by atoms with E-state index in [1.807, 2.05) is 0 Å². The van der Waals surface area contributed by atoms with Gasteiger partial charge in [0, 0.05) is 6.04 Å². The molecule has 2 N–H and O–H groups in total. The van der Waals surface area contributed by atoms with Gasteiger partial charge in [0.1, 0.15) is 0 Å². The Morgan fingerprint density at radius 3 is 2.23 bits per heavy atom. The Bertz CT molecular complexity index is 129. The van der Waals surface area contributed by atoms with E-state index in [4.69, 9.17) is 10.5 Å². The topological polar surface area (TPSA) is 35.2 Å². The number of rotatable bonds is 5. The number of hydrogen-bond donors (Lipinski definition) is 1. The first kappa shape index (κ1) is 12.9. The Hall–Kier alpha value is -0.0800. The highest BCUT2D eigenvalue weighted by Crippen LogP contribution is 2.14. The van der Waals surface area contributed by atoms with Gasteiger partial charge in [0.15, 0.2) is 0 Å². The van der Waals surface area contributed by atoms with E-state index in [2.05, 4.69) is 34.6 Å². The quantitative estimate of drug-likeness (QED) is 0.718. The van der Waals surface area contributed by atoms with Gasteiger partial charge in [-0.25, -0.2) is 0 Å². The maximum Gasteiger partial charge on any atom is 0.0704 e. The van der Waals surface area contributed by atoms with Gasteiger partial charge < -0.3 is 10.5 Å². The first-order valence-corrected chi connectivity index (χ1v) is 5.30. The molecule has 2 nitrogen and oxygen atoms in total. The molecule has 0 heterocycles. The molecule has 80 valence electrons. The van der Waals surface area contributed by atoms with E-state index in [0.717, 1.165) is 6.42 Å². The lowest BCUT2D eigenvalue weighted by Gasteiger charge is -2.28. The Kier molecular flexibility index (Phi) is 5.57. The van der Waals surface area contributed by atoms with Crippen molar-refractivity contribution in [3.05, 3.63) is 0 Å². The zero-order valence-electron chi connectivity index (χ0n) is 9.76. The highest BCUT2D eigenvalue weighted by molar-refractivity contribution is 4.72. The third-order valence-electron chi connectivity index (χ3n) is 2.03. The van der Waals surface area contributed by atoms with Crippen molar-refractivity contribution in [2.45, 2.75) is 71.6 Å². The SMILES string of the molecule is CCCC[C@H](N)[C@H](C)OC(C)(C)C. The molecule has 0 amide bonds. The summed E-state index contributed by atoms with van der Waals surface area (Å²) in [7, 11) is 0. The minimum Gasteiger partial charge on any atom is -0.371 e. The molecule has 0 bridgehead atoms. The second-order valence-corrected chi connectivity index (χ2v) is 4.74. The van der Waals surface area contributed by atoms with Gasteiger partial charge in [-0.05, 0) is 34.1 Å².